The fraction of sp³-hybridized carbons (Fsp3) is 0.182. The normalized spacial score (nSPS) is 11.0. The van der Waals surface area contributed by atoms with Gasteiger partial charge in [0, 0.05) is 34.3 Å². The maximum absolute atomic E-state index is 12.4. The Morgan fingerprint density at radius 2 is 1.83 bits per heavy atom. The molecule has 7 nitrogen and oxygen atoms in total. The van der Waals surface area contributed by atoms with Crippen LogP contribution in [0.15, 0.2) is 53.6 Å². The lowest BCUT2D eigenvalue weighted by Crippen LogP contribution is -2.19. The van der Waals surface area contributed by atoms with Crippen LogP contribution in [0.5, 0.6) is 0 Å². The topological polar surface area (TPSA) is 89.5 Å². The van der Waals surface area contributed by atoms with Crippen molar-refractivity contribution in [3.05, 3.63) is 92.3 Å². The van der Waals surface area contributed by atoms with Crippen LogP contribution in [0.2, 0.25) is 0 Å². The highest BCUT2D eigenvalue weighted by molar-refractivity contribution is 5.97. The van der Waals surface area contributed by atoms with Crippen molar-refractivity contribution in [3.63, 3.8) is 0 Å². The standard InChI is InChI=1S/C22H22N4O3/c1-14-7-5-8-19(11-14)25-15(2)12-18(17(25)4)13-23-24-22(27)20-9-6-10-21(16(20)3)26(28)29/h5-13H,1-4H3,(H,24,27). The number of rotatable bonds is 5. The number of nitrogens with zero attached hydrogens (tertiary/aromatic N) is 3. The fourth-order valence-corrected chi connectivity index (χ4v) is 3.37. The molecule has 2 aromatic carbocycles. The minimum Gasteiger partial charge on any atom is -0.318 e. The Bertz CT molecular complexity index is 1130. The van der Waals surface area contributed by atoms with Crippen molar-refractivity contribution < 1.29 is 9.72 Å². The molecule has 0 aliphatic carbocycles. The van der Waals surface area contributed by atoms with Crippen molar-refractivity contribution in [2.45, 2.75) is 27.7 Å². The molecule has 0 radical (unpaired) electrons. The first-order valence-electron chi connectivity index (χ1n) is 9.13. The molecule has 7 heteroatoms. The number of hydrogen-bond acceptors (Lipinski definition) is 4. The molecular weight excluding hydrogens is 368 g/mol. The molecule has 0 bridgehead atoms. The number of nitro benzene ring substituents is 1. The van der Waals surface area contributed by atoms with Gasteiger partial charge in [0.05, 0.1) is 16.7 Å². The van der Waals surface area contributed by atoms with Crippen LogP contribution in [0.4, 0.5) is 5.69 Å². The summed E-state index contributed by atoms with van der Waals surface area (Å²) in [6.45, 7) is 7.60. The molecule has 1 amide bonds. The van der Waals surface area contributed by atoms with Crippen molar-refractivity contribution in [1.82, 2.24) is 9.99 Å². The summed E-state index contributed by atoms with van der Waals surface area (Å²) in [6.07, 6.45) is 1.58. The second-order valence-corrected chi connectivity index (χ2v) is 6.91. The quantitative estimate of drug-likeness (QED) is 0.398. The van der Waals surface area contributed by atoms with Gasteiger partial charge in [-0.15, -0.1) is 0 Å². The van der Waals surface area contributed by atoms with Crippen LogP contribution < -0.4 is 5.43 Å². The molecule has 0 spiro atoms. The highest BCUT2D eigenvalue weighted by atomic mass is 16.6. The Hall–Kier alpha value is -3.74. The number of aryl methyl sites for hydroxylation is 2. The molecule has 29 heavy (non-hydrogen) atoms. The van der Waals surface area contributed by atoms with Gasteiger partial charge in [0.25, 0.3) is 11.6 Å². The van der Waals surface area contributed by atoms with E-state index >= 15 is 0 Å². The molecule has 0 atom stereocenters. The fourth-order valence-electron chi connectivity index (χ4n) is 3.37. The second-order valence-electron chi connectivity index (χ2n) is 6.91. The van der Waals surface area contributed by atoms with E-state index in [0.29, 0.717) is 5.56 Å². The molecule has 1 N–H and O–H groups in total. The average Bonchev–Trinajstić information content (AvgIpc) is 2.95. The van der Waals surface area contributed by atoms with E-state index in [1.807, 2.05) is 45.0 Å². The van der Waals surface area contributed by atoms with Gasteiger partial charge in [0.1, 0.15) is 0 Å². The molecule has 3 rings (SSSR count). The Balaban J connectivity index is 1.81. The third-order valence-electron chi connectivity index (χ3n) is 4.85. The number of carbonyl (C=O) groups excluding carboxylic acids is 1. The summed E-state index contributed by atoms with van der Waals surface area (Å²) in [7, 11) is 0. The highest BCUT2D eigenvalue weighted by Gasteiger charge is 2.17. The first-order valence-corrected chi connectivity index (χ1v) is 9.13. The number of hydrogen-bond donors (Lipinski definition) is 1. The van der Waals surface area contributed by atoms with Gasteiger partial charge in [-0.2, -0.15) is 5.10 Å². The van der Waals surface area contributed by atoms with E-state index in [1.54, 1.807) is 13.1 Å². The van der Waals surface area contributed by atoms with Gasteiger partial charge in [-0.1, -0.05) is 18.2 Å². The van der Waals surface area contributed by atoms with Crippen molar-refractivity contribution in [3.8, 4) is 5.69 Å². The summed E-state index contributed by atoms with van der Waals surface area (Å²) in [6, 6.07) is 14.6. The van der Waals surface area contributed by atoms with Crippen LogP contribution >= 0.6 is 0 Å². The molecule has 0 aliphatic heterocycles. The van der Waals surface area contributed by atoms with Crippen LogP contribution in [0.25, 0.3) is 5.69 Å². The number of nitrogens with one attached hydrogen (secondary N) is 1. The van der Waals surface area contributed by atoms with Crippen LogP contribution in [0, 0.1) is 37.8 Å². The van der Waals surface area contributed by atoms with E-state index in [1.165, 1.54) is 23.8 Å². The number of amides is 1. The van der Waals surface area contributed by atoms with Gasteiger partial charge >= 0.3 is 0 Å². The Morgan fingerprint density at radius 1 is 1.10 bits per heavy atom. The van der Waals surface area contributed by atoms with Gasteiger partial charge in [-0.3, -0.25) is 14.9 Å². The van der Waals surface area contributed by atoms with E-state index in [4.69, 9.17) is 0 Å². The number of benzene rings is 2. The first kappa shape index (κ1) is 20.0. The van der Waals surface area contributed by atoms with Crippen LogP contribution in [0.3, 0.4) is 0 Å². The minimum atomic E-state index is -0.504. The van der Waals surface area contributed by atoms with Gasteiger partial charge in [-0.05, 0) is 57.5 Å². The second kappa shape index (κ2) is 8.10. The molecule has 3 aromatic rings. The summed E-state index contributed by atoms with van der Waals surface area (Å²) < 4.78 is 2.13. The Labute approximate surface area is 168 Å². The third kappa shape index (κ3) is 4.08. The van der Waals surface area contributed by atoms with Gasteiger partial charge in [-0.25, -0.2) is 5.43 Å². The van der Waals surface area contributed by atoms with Crippen LogP contribution in [0.1, 0.15) is 38.4 Å². The first-order chi connectivity index (χ1) is 13.8. The largest absolute Gasteiger partial charge is 0.318 e. The molecule has 1 aromatic heterocycles. The molecular formula is C22H22N4O3. The zero-order valence-electron chi connectivity index (χ0n) is 16.8. The van der Waals surface area contributed by atoms with Crippen molar-refractivity contribution in [2.75, 3.05) is 0 Å². The van der Waals surface area contributed by atoms with E-state index in [2.05, 4.69) is 21.2 Å². The molecule has 0 aliphatic rings. The molecule has 0 saturated carbocycles. The molecule has 0 saturated heterocycles. The van der Waals surface area contributed by atoms with Crippen LogP contribution in [-0.4, -0.2) is 21.6 Å². The predicted octanol–water partition coefficient (Wildman–Crippen LogP) is 4.38. The summed E-state index contributed by atoms with van der Waals surface area (Å²) in [5.74, 6) is -0.491. The number of hydrazone groups is 1. The number of aromatic nitrogens is 1. The summed E-state index contributed by atoms with van der Waals surface area (Å²) >= 11 is 0. The zero-order valence-corrected chi connectivity index (χ0v) is 16.8. The van der Waals surface area contributed by atoms with Crippen molar-refractivity contribution in [1.29, 1.82) is 0 Å². The van der Waals surface area contributed by atoms with Gasteiger partial charge < -0.3 is 4.57 Å². The zero-order chi connectivity index (χ0) is 21.1. The lowest BCUT2D eigenvalue weighted by molar-refractivity contribution is -0.385. The lowest BCUT2D eigenvalue weighted by atomic mass is 10.1. The van der Waals surface area contributed by atoms with E-state index in [-0.39, 0.29) is 11.3 Å². The van der Waals surface area contributed by atoms with Crippen LogP contribution in [-0.2, 0) is 0 Å². The van der Waals surface area contributed by atoms with Gasteiger partial charge in [0.2, 0.25) is 0 Å². The smallest absolute Gasteiger partial charge is 0.273 e. The molecule has 0 fully saturated rings. The lowest BCUT2D eigenvalue weighted by Gasteiger charge is -2.10. The SMILES string of the molecule is Cc1cccc(-n2c(C)cc(C=NNC(=O)c3cccc([N+](=O)[O-])c3C)c2C)c1. The number of carbonyl (C=O) groups is 1. The minimum absolute atomic E-state index is 0.0941. The highest BCUT2D eigenvalue weighted by Crippen LogP contribution is 2.22. The molecule has 1 heterocycles. The maximum atomic E-state index is 12.4. The Morgan fingerprint density at radius 3 is 2.52 bits per heavy atom. The van der Waals surface area contributed by atoms with E-state index in [9.17, 15) is 14.9 Å². The summed E-state index contributed by atoms with van der Waals surface area (Å²) in [5.41, 5.74) is 8.06. The number of nitro groups is 1. The monoisotopic (exact) mass is 390 g/mol. The van der Waals surface area contributed by atoms with E-state index < -0.39 is 10.8 Å². The summed E-state index contributed by atoms with van der Waals surface area (Å²) in [4.78, 5) is 22.9. The molecule has 0 unspecified atom stereocenters. The average molecular weight is 390 g/mol. The third-order valence-corrected chi connectivity index (χ3v) is 4.85. The maximum Gasteiger partial charge on any atom is 0.273 e. The summed E-state index contributed by atoms with van der Waals surface area (Å²) in [5, 5.41) is 15.1. The Kier molecular flexibility index (Phi) is 5.59. The van der Waals surface area contributed by atoms with Crippen molar-refractivity contribution >= 4 is 17.8 Å². The molecule has 148 valence electrons. The van der Waals surface area contributed by atoms with Gasteiger partial charge in [0.15, 0.2) is 0 Å². The van der Waals surface area contributed by atoms with E-state index in [0.717, 1.165) is 22.6 Å². The predicted molar refractivity (Wildman–Crippen MR) is 113 cm³/mol. The van der Waals surface area contributed by atoms with Crippen molar-refractivity contribution in [2.24, 2.45) is 5.10 Å².